The van der Waals surface area contributed by atoms with Crippen molar-refractivity contribution in [3.8, 4) is 0 Å². The van der Waals surface area contributed by atoms with E-state index in [1.807, 2.05) is 6.92 Å². The first-order valence-electron chi connectivity index (χ1n) is 4.93. The predicted octanol–water partition coefficient (Wildman–Crippen LogP) is 1.02. The largest absolute Gasteiger partial charge is 0.394 e. The molecule has 2 N–H and O–H groups in total. The molecule has 0 radical (unpaired) electrons. The van der Waals surface area contributed by atoms with E-state index in [-0.39, 0.29) is 23.4 Å². The molecule has 0 aliphatic heterocycles. The highest BCUT2D eigenvalue weighted by atomic mass is 35.5. The summed E-state index contributed by atoms with van der Waals surface area (Å²) in [6.45, 7) is 3.51. The lowest BCUT2D eigenvalue weighted by molar-refractivity contribution is 0.0841. The Labute approximate surface area is 98.8 Å². The zero-order chi connectivity index (χ0) is 12.2. The van der Waals surface area contributed by atoms with E-state index in [0.29, 0.717) is 6.42 Å². The van der Waals surface area contributed by atoms with Crippen LogP contribution in [0.15, 0.2) is 12.1 Å². The number of hydrogen-bond acceptors (Lipinski definition) is 4. The van der Waals surface area contributed by atoms with Crippen LogP contribution in [0.25, 0.3) is 0 Å². The van der Waals surface area contributed by atoms with E-state index >= 15 is 0 Å². The Morgan fingerprint density at radius 2 is 2.25 bits per heavy atom. The Hall–Kier alpha value is -1.20. The third kappa shape index (κ3) is 3.15. The van der Waals surface area contributed by atoms with Crippen molar-refractivity contribution in [1.29, 1.82) is 0 Å². The molecule has 1 heterocycles. The van der Waals surface area contributed by atoms with Crippen LogP contribution in [-0.2, 0) is 0 Å². The first-order chi connectivity index (χ1) is 7.50. The Morgan fingerprint density at radius 3 is 2.69 bits per heavy atom. The van der Waals surface area contributed by atoms with Gasteiger partial charge in [-0.15, -0.1) is 10.2 Å². The monoisotopic (exact) mass is 243 g/mol. The SMILES string of the molecule is CCC(C)(CO)NC(=O)c1ccc(Cl)nn1. The Kier molecular flexibility index (Phi) is 4.20. The van der Waals surface area contributed by atoms with Crippen molar-refractivity contribution in [2.75, 3.05) is 6.61 Å². The minimum absolute atomic E-state index is 0.129. The molecule has 1 aromatic heterocycles. The van der Waals surface area contributed by atoms with E-state index in [4.69, 9.17) is 16.7 Å². The van der Waals surface area contributed by atoms with Gasteiger partial charge in [0.05, 0.1) is 12.1 Å². The number of carbonyl (C=O) groups excluding carboxylic acids is 1. The summed E-state index contributed by atoms with van der Waals surface area (Å²) >= 11 is 5.56. The molecule has 0 fully saturated rings. The summed E-state index contributed by atoms with van der Waals surface area (Å²) in [5, 5.41) is 19.3. The maximum absolute atomic E-state index is 11.7. The van der Waals surface area contributed by atoms with Crippen LogP contribution in [0, 0.1) is 0 Å². The molecule has 1 atom stereocenters. The highest BCUT2D eigenvalue weighted by Crippen LogP contribution is 2.09. The van der Waals surface area contributed by atoms with Gasteiger partial charge in [-0.3, -0.25) is 4.79 Å². The van der Waals surface area contributed by atoms with E-state index in [0.717, 1.165) is 0 Å². The van der Waals surface area contributed by atoms with Crippen molar-refractivity contribution in [2.24, 2.45) is 0 Å². The molecule has 0 spiro atoms. The van der Waals surface area contributed by atoms with Crippen LogP contribution in [0.2, 0.25) is 5.15 Å². The van der Waals surface area contributed by atoms with E-state index in [2.05, 4.69) is 15.5 Å². The van der Waals surface area contributed by atoms with Crippen LogP contribution in [0.4, 0.5) is 0 Å². The van der Waals surface area contributed by atoms with E-state index < -0.39 is 5.54 Å². The molecule has 0 aliphatic carbocycles. The van der Waals surface area contributed by atoms with Crippen molar-refractivity contribution < 1.29 is 9.90 Å². The summed E-state index contributed by atoms with van der Waals surface area (Å²) in [4.78, 5) is 11.7. The standard InChI is InChI=1S/C10H14ClN3O2/c1-3-10(2,6-15)12-9(16)7-4-5-8(11)14-13-7/h4-5,15H,3,6H2,1-2H3,(H,12,16). The minimum atomic E-state index is -0.640. The second kappa shape index (κ2) is 5.23. The highest BCUT2D eigenvalue weighted by molar-refractivity contribution is 6.29. The molecule has 1 amide bonds. The molecule has 5 nitrogen and oxygen atoms in total. The highest BCUT2D eigenvalue weighted by Gasteiger charge is 2.24. The van der Waals surface area contributed by atoms with Crippen molar-refractivity contribution in [3.05, 3.63) is 23.0 Å². The van der Waals surface area contributed by atoms with Crippen molar-refractivity contribution >= 4 is 17.5 Å². The smallest absolute Gasteiger partial charge is 0.272 e. The fourth-order valence-corrected chi connectivity index (χ4v) is 1.12. The third-order valence-corrected chi connectivity index (χ3v) is 2.61. The van der Waals surface area contributed by atoms with Crippen LogP contribution < -0.4 is 5.32 Å². The van der Waals surface area contributed by atoms with Gasteiger partial charge in [0.1, 0.15) is 0 Å². The zero-order valence-electron chi connectivity index (χ0n) is 9.20. The van der Waals surface area contributed by atoms with Gasteiger partial charge in [0.25, 0.3) is 5.91 Å². The lowest BCUT2D eigenvalue weighted by Gasteiger charge is -2.26. The number of aliphatic hydroxyl groups excluding tert-OH is 1. The van der Waals surface area contributed by atoms with E-state index in [1.54, 1.807) is 6.92 Å². The molecule has 1 aromatic rings. The van der Waals surface area contributed by atoms with Crippen LogP contribution in [0.1, 0.15) is 30.8 Å². The summed E-state index contributed by atoms with van der Waals surface area (Å²) in [6, 6.07) is 2.98. The predicted molar refractivity (Wildman–Crippen MR) is 60.3 cm³/mol. The van der Waals surface area contributed by atoms with Crippen LogP contribution in [0.5, 0.6) is 0 Å². The molecule has 1 unspecified atom stereocenters. The number of rotatable bonds is 4. The topological polar surface area (TPSA) is 75.1 Å². The summed E-state index contributed by atoms with van der Waals surface area (Å²) in [6.07, 6.45) is 0.621. The van der Waals surface area contributed by atoms with Crippen LogP contribution in [-0.4, -0.2) is 33.4 Å². The number of hydrogen-bond donors (Lipinski definition) is 2. The van der Waals surface area contributed by atoms with Gasteiger partial charge in [-0.25, -0.2) is 0 Å². The van der Waals surface area contributed by atoms with Crippen LogP contribution >= 0.6 is 11.6 Å². The molecular weight excluding hydrogens is 230 g/mol. The molecule has 1 rings (SSSR count). The molecule has 88 valence electrons. The summed E-state index contributed by atoms with van der Waals surface area (Å²) in [5.41, 5.74) is -0.462. The van der Waals surface area contributed by atoms with Crippen molar-refractivity contribution in [2.45, 2.75) is 25.8 Å². The number of halogens is 1. The van der Waals surface area contributed by atoms with Crippen molar-refractivity contribution in [1.82, 2.24) is 15.5 Å². The normalized spacial score (nSPS) is 14.2. The average Bonchev–Trinajstić information content (AvgIpc) is 2.29. The van der Waals surface area contributed by atoms with Crippen LogP contribution in [0.3, 0.4) is 0 Å². The Morgan fingerprint density at radius 1 is 1.56 bits per heavy atom. The number of nitrogens with one attached hydrogen (secondary N) is 1. The summed E-state index contributed by atoms with van der Waals surface area (Å²) in [5.74, 6) is -0.373. The molecule has 0 aromatic carbocycles. The van der Waals surface area contributed by atoms with Gasteiger partial charge in [0, 0.05) is 0 Å². The second-order valence-electron chi connectivity index (χ2n) is 3.77. The molecule has 0 bridgehead atoms. The van der Waals surface area contributed by atoms with Gasteiger partial charge in [0.2, 0.25) is 0 Å². The molecular formula is C10H14ClN3O2. The van der Waals surface area contributed by atoms with Gasteiger partial charge in [-0.2, -0.15) is 0 Å². The number of amides is 1. The molecule has 0 saturated heterocycles. The third-order valence-electron chi connectivity index (χ3n) is 2.41. The maximum Gasteiger partial charge on any atom is 0.272 e. The molecule has 16 heavy (non-hydrogen) atoms. The first kappa shape index (κ1) is 12.9. The zero-order valence-corrected chi connectivity index (χ0v) is 9.95. The number of nitrogens with zero attached hydrogens (tertiary/aromatic N) is 2. The van der Waals surface area contributed by atoms with Gasteiger partial charge >= 0.3 is 0 Å². The fraction of sp³-hybridized carbons (Fsp3) is 0.500. The van der Waals surface area contributed by atoms with Gasteiger partial charge in [-0.1, -0.05) is 18.5 Å². The number of aliphatic hydroxyl groups is 1. The molecule has 6 heteroatoms. The number of carbonyl (C=O) groups is 1. The Balaban J connectivity index is 2.76. The molecule has 0 saturated carbocycles. The summed E-state index contributed by atoms with van der Waals surface area (Å²) < 4.78 is 0. The Bertz CT molecular complexity index is 363. The lowest BCUT2D eigenvalue weighted by Crippen LogP contribution is -2.48. The second-order valence-corrected chi connectivity index (χ2v) is 4.15. The van der Waals surface area contributed by atoms with E-state index in [1.165, 1.54) is 12.1 Å². The van der Waals surface area contributed by atoms with Gasteiger partial charge in [0.15, 0.2) is 10.8 Å². The van der Waals surface area contributed by atoms with E-state index in [9.17, 15) is 4.79 Å². The maximum atomic E-state index is 11.7. The fourth-order valence-electron chi connectivity index (χ4n) is 1.01. The van der Waals surface area contributed by atoms with Gasteiger partial charge < -0.3 is 10.4 Å². The van der Waals surface area contributed by atoms with Crippen molar-refractivity contribution in [3.63, 3.8) is 0 Å². The minimum Gasteiger partial charge on any atom is -0.394 e. The lowest BCUT2D eigenvalue weighted by atomic mass is 10.00. The first-order valence-corrected chi connectivity index (χ1v) is 5.31. The summed E-state index contributed by atoms with van der Waals surface area (Å²) in [7, 11) is 0. The quantitative estimate of drug-likeness (QED) is 0.828. The molecule has 0 aliphatic rings. The van der Waals surface area contributed by atoms with Gasteiger partial charge in [-0.05, 0) is 25.5 Å². The number of aromatic nitrogens is 2. The average molecular weight is 244 g/mol.